The molecule has 3 nitrogen and oxygen atoms in total. The van der Waals surface area contributed by atoms with E-state index in [1.807, 2.05) is 30.3 Å². The summed E-state index contributed by atoms with van der Waals surface area (Å²) in [6.45, 7) is 0.744. The number of hydrogen-bond acceptors (Lipinski definition) is 2. The van der Waals surface area contributed by atoms with Crippen molar-refractivity contribution in [3.05, 3.63) is 30.3 Å². The Kier molecular flexibility index (Phi) is 3.28. The molecule has 70 valence electrons. The van der Waals surface area contributed by atoms with E-state index in [2.05, 4.69) is 5.43 Å². The van der Waals surface area contributed by atoms with Crippen LogP contribution in [0, 0.1) is 0 Å². The van der Waals surface area contributed by atoms with Crippen molar-refractivity contribution >= 4 is 24.0 Å². The van der Waals surface area contributed by atoms with E-state index in [9.17, 15) is 4.79 Å². The molecular weight excluding hydrogens is 188 g/mol. The van der Waals surface area contributed by atoms with Crippen LogP contribution in [0.1, 0.15) is 6.42 Å². The molecule has 0 bridgehead atoms. The highest BCUT2D eigenvalue weighted by atomic mass is 35.5. The molecule has 1 fully saturated rings. The van der Waals surface area contributed by atoms with Crippen molar-refractivity contribution < 1.29 is 4.79 Å². The Morgan fingerprint density at radius 3 is 2.46 bits per heavy atom. The van der Waals surface area contributed by atoms with Crippen LogP contribution < -0.4 is 10.4 Å². The highest BCUT2D eigenvalue weighted by molar-refractivity contribution is 5.94. The summed E-state index contributed by atoms with van der Waals surface area (Å²) in [7, 11) is 0. The molecule has 0 unspecified atom stereocenters. The quantitative estimate of drug-likeness (QED) is 0.739. The molecule has 1 aliphatic heterocycles. The molecule has 0 saturated carbocycles. The van der Waals surface area contributed by atoms with Crippen molar-refractivity contribution in [1.82, 2.24) is 5.43 Å². The zero-order valence-electron chi connectivity index (χ0n) is 7.06. The topological polar surface area (TPSA) is 32.3 Å². The zero-order chi connectivity index (χ0) is 8.39. The fourth-order valence-electron chi connectivity index (χ4n) is 1.29. The second kappa shape index (κ2) is 4.25. The molecule has 1 N–H and O–H groups in total. The lowest BCUT2D eigenvalue weighted by Crippen LogP contribution is -2.33. The molecule has 0 aromatic heterocycles. The predicted octanol–water partition coefficient (Wildman–Crippen LogP) is 1.35. The van der Waals surface area contributed by atoms with Crippen molar-refractivity contribution in [2.75, 3.05) is 11.6 Å². The number of amides is 1. The van der Waals surface area contributed by atoms with E-state index in [-0.39, 0.29) is 18.3 Å². The van der Waals surface area contributed by atoms with E-state index in [1.165, 1.54) is 0 Å². The first kappa shape index (κ1) is 10.0. The van der Waals surface area contributed by atoms with E-state index in [1.54, 1.807) is 5.01 Å². The molecule has 2 rings (SSSR count). The molecule has 1 aromatic carbocycles. The lowest BCUT2D eigenvalue weighted by atomic mass is 10.3. The van der Waals surface area contributed by atoms with Crippen molar-refractivity contribution in [2.24, 2.45) is 0 Å². The minimum absolute atomic E-state index is 0. The fourth-order valence-corrected chi connectivity index (χ4v) is 1.29. The maximum absolute atomic E-state index is 11.2. The summed E-state index contributed by atoms with van der Waals surface area (Å²) in [5.74, 6) is 0.140. The van der Waals surface area contributed by atoms with Crippen LogP contribution >= 0.6 is 12.4 Å². The summed E-state index contributed by atoms with van der Waals surface area (Å²) in [4.78, 5) is 11.2. The van der Waals surface area contributed by atoms with E-state index in [4.69, 9.17) is 0 Å². The van der Waals surface area contributed by atoms with E-state index >= 15 is 0 Å². The third kappa shape index (κ3) is 1.99. The van der Waals surface area contributed by atoms with Crippen LogP contribution in [-0.2, 0) is 4.79 Å². The normalized spacial score (nSPS) is 15.7. The van der Waals surface area contributed by atoms with Crippen molar-refractivity contribution in [3.63, 3.8) is 0 Å². The molecule has 1 amide bonds. The number of anilines is 1. The maximum atomic E-state index is 11.2. The fraction of sp³-hybridized carbons (Fsp3) is 0.222. The van der Waals surface area contributed by atoms with Gasteiger partial charge in [0.2, 0.25) is 5.91 Å². The number of para-hydroxylation sites is 1. The van der Waals surface area contributed by atoms with Crippen LogP contribution in [0.15, 0.2) is 30.3 Å². The molecular formula is C9H11ClN2O. The number of rotatable bonds is 1. The number of benzene rings is 1. The van der Waals surface area contributed by atoms with Crippen LogP contribution in [0.4, 0.5) is 5.69 Å². The van der Waals surface area contributed by atoms with E-state index in [0.29, 0.717) is 6.42 Å². The van der Waals surface area contributed by atoms with Gasteiger partial charge in [0.05, 0.1) is 5.69 Å². The number of carbonyl (C=O) groups excluding carboxylic acids is 1. The molecule has 1 heterocycles. The van der Waals surface area contributed by atoms with Gasteiger partial charge >= 0.3 is 0 Å². The van der Waals surface area contributed by atoms with Crippen LogP contribution in [0.25, 0.3) is 0 Å². The lowest BCUT2D eigenvalue weighted by Gasteiger charge is -2.14. The van der Waals surface area contributed by atoms with Crippen LogP contribution in [0.2, 0.25) is 0 Å². The Balaban J connectivity index is 0.000000845. The average molecular weight is 199 g/mol. The SMILES string of the molecule is Cl.O=C1CCNN1c1ccccc1. The minimum Gasteiger partial charge on any atom is -0.273 e. The number of nitrogens with zero attached hydrogens (tertiary/aromatic N) is 1. The molecule has 0 spiro atoms. The number of hydrogen-bond donors (Lipinski definition) is 1. The first-order chi connectivity index (χ1) is 5.88. The summed E-state index contributed by atoms with van der Waals surface area (Å²) in [6, 6.07) is 9.60. The predicted molar refractivity (Wildman–Crippen MR) is 53.8 cm³/mol. The summed E-state index contributed by atoms with van der Waals surface area (Å²) in [6.07, 6.45) is 0.592. The standard InChI is InChI=1S/C9H10N2O.ClH/c12-9-6-7-10-11(9)8-4-2-1-3-5-8;/h1-5,10H,6-7H2;1H. The van der Waals surface area contributed by atoms with Gasteiger partial charge in [-0.05, 0) is 12.1 Å². The average Bonchev–Trinajstić information content (AvgIpc) is 2.53. The number of hydrazine groups is 1. The van der Waals surface area contributed by atoms with Gasteiger partial charge in [-0.1, -0.05) is 18.2 Å². The molecule has 0 aliphatic carbocycles. The largest absolute Gasteiger partial charge is 0.273 e. The van der Waals surface area contributed by atoms with Gasteiger partial charge in [0.25, 0.3) is 0 Å². The number of carbonyl (C=O) groups is 1. The number of halogens is 1. The molecule has 0 atom stereocenters. The summed E-state index contributed by atoms with van der Waals surface area (Å²) < 4.78 is 0. The first-order valence-corrected chi connectivity index (χ1v) is 3.99. The van der Waals surface area contributed by atoms with Crippen LogP contribution in [-0.4, -0.2) is 12.5 Å². The molecule has 1 aromatic rings. The molecule has 1 saturated heterocycles. The second-order valence-electron chi connectivity index (χ2n) is 2.72. The highest BCUT2D eigenvalue weighted by Crippen LogP contribution is 2.14. The summed E-state index contributed by atoms with van der Waals surface area (Å²) in [5.41, 5.74) is 3.92. The van der Waals surface area contributed by atoms with Gasteiger partial charge in [0.15, 0.2) is 0 Å². The summed E-state index contributed by atoms with van der Waals surface area (Å²) >= 11 is 0. The first-order valence-electron chi connectivity index (χ1n) is 3.99. The van der Waals surface area contributed by atoms with Crippen LogP contribution in [0.5, 0.6) is 0 Å². The molecule has 4 heteroatoms. The number of nitrogens with one attached hydrogen (secondary N) is 1. The van der Waals surface area contributed by atoms with Gasteiger partial charge in [-0.25, -0.2) is 10.4 Å². The summed E-state index contributed by atoms with van der Waals surface area (Å²) in [5, 5.41) is 1.60. The third-order valence-corrected chi connectivity index (χ3v) is 1.87. The highest BCUT2D eigenvalue weighted by Gasteiger charge is 2.20. The maximum Gasteiger partial charge on any atom is 0.242 e. The smallest absolute Gasteiger partial charge is 0.242 e. The van der Waals surface area contributed by atoms with Crippen LogP contribution in [0.3, 0.4) is 0 Å². The van der Waals surface area contributed by atoms with Gasteiger partial charge in [0.1, 0.15) is 0 Å². The minimum atomic E-state index is 0. The van der Waals surface area contributed by atoms with E-state index < -0.39 is 0 Å². The lowest BCUT2D eigenvalue weighted by molar-refractivity contribution is -0.117. The van der Waals surface area contributed by atoms with Gasteiger partial charge in [-0.2, -0.15) is 0 Å². The van der Waals surface area contributed by atoms with Gasteiger partial charge in [-0.3, -0.25) is 4.79 Å². The van der Waals surface area contributed by atoms with Gasteiger partial charge in [0, 0.05) is 13.0 Å². The molecule has 13 heavy (non-hydrogen) atoms. The Morgan fingerprint density at radius 2 is 1.92 bits per heavy atom. The Hall–Kier alpha value is -1.06. The van der Waals surface area contributed by atoms with Gasteiger partial charge < -0.3 is 0 Å². The van der Waals surface area contributed by atoms with Crippen molar-refractivity contribution in [3.8, 4) is 0 Å². The van der Waals surface area contributed by atoms with Crippen molar-refractivity contribution in [2.45, 2.75) is 6.42 Å². The zero-order valence-corrected chi connectivity index (χ0v) is 7.88. The van der Waals surface area contributed by atoms with Crippen molar-refractivity contribution in [1.29, 1.82) is 0 Å². The molecule has 1 aliphatic rings. The molecule has 0 radical (unpaired) electrons. The van der Waals surface area contributed by atoms with E-state index in [0.717, 1.165) is 12.2 Å². The van der Waals surface area contributed by atoms with Gasteiger partial charge in [-0.15, -0.1) is 12.4 Å². The Labute approximate surface area is 83.1 Å². The second-order valence-corrected chi connectivity index (χ2v) is 2.72. The Bertz CT molecular complexity index is 289. The monoisotopic (exact) mass is 198 g/mol. The Morgan fingerprint density at radius 1 is 1.23 bits per heavy atom. The third-order valence-electron chi connectivity index (χ3n) is 1.87.